The van der Waals surface area contributed by atoms with Gasteiger partial charge in [-0.15, -0.1) is 0 Å². The van der Waals surface area contributed by atoms with Gasteiger partial charge in [0.15, 0.2) is 0 Å². The van der Waals surface area contributed by atoms with Crippen LogP contribution in [0.5, 0.6) is 11.5 Å². The van der Waals surface area contributed by atoms with Crippen LogP contribution in [0.2, 0.25) is 5.02 Å². The molecule has 0 aliphatic carbocycles. The summed E-state index contributed by atoms with van der Waals surface area (Å²) in [6.07, 6.45) is 0. The zero-order valence-electron chi connectivity index (χ0n) is 14.4. The molecular formula is C17H18ClNO6S. The van der Waals surface area contributed by atoms with Crippen molar-refractivity contribution < 1.29 is 27.4 Å². The van der Waals surface area contributed by atoms with Crippen LogP contribution in [0.4, 0.5) is 0 Å². The van der Waals surface area contributed by atoms with Crippen LogP contribution < -0.4 is 14.2 Å². The highest BCUT2D eigenvalue weighted by Gasteiger charge is 2.22. The van der Waals surface area contributed by atoms with Gasteiger partial charge in [0.1, 0.15) is 16.4 Å². The van der Waals surface area contributed by atoms with Crippen molar-refractivity contribution in [3.05, 3.63) is 52.5 Å². The average molecular weight is 400 g/mol. The minimum atomic E-state index is -4.00. The van der Waals surface area contributed by atoms with Crippen molar-refractivity contribution in [1.29, 1.82) is 0 Å². The number of benzene rings is 2. The molecule has 9 heteroatoms. The van der Waals surface area contributed by atoms with E-state index >= 15 is 0 Å². The van der Waals surface area contributed by atoms with Crippen LogP contribution in [0.25, 0.3) is 0 Å². The lowest BCUT2D eigenvalue weighted by Gasteiger charge is -2.14. The topological polar surface area (TPSA) is 90.9 Å². The zero-order chi connectivity index (χ0) is 19.3. The summed E-state index contributed by atoms with van der Waals surface area (Å²) in [5.74, 6) is 0.285. The lowest BCUT2D eigenvalue weighted by molar-refractivity contribution is 0.0600. The number of esters is 1. The summed E-state index contributed by atoms with van der Waals surface area (Å²) in [6.45, 7) is -0.0890. The van der Waals surface area contributed by atoms with E-state index in [4.69, 9.17) is 21.1 Å². The van der Waals surface area contributed by atoms with Gasteiger partial charge >= 0.3 is 5.97 Å². The second-order valence-corrected chi connectivity index (χ2v) is 7.24. The van der Waals surface area contributed by atoms with Gasteiger partial charge in [0.05, 0.1) is 37.5 Å². The molecule has 0 fully saturated rings. The van der Waals surface area contributed by atoms with E-state index in [1.165, 1.54) is 33.5 Å². The first-order chi connectivity index (χ1) is 12.3. The third-order valence-electron chi connectivity index (χ3n) is 3.61. The molecule has 0 saturated heterocycles. The first-order valence-electron chi connectivity index (χ1n) is 7.41. The Balaban J connectivity index is 2.35. The fourth-order valence-electron chi connectivity index (χ4n) is 2.30. The van der Waals surface area contributed by atoms with Crippen molar-refractivity contribution in [3.8, 4) is 11.5 Å². The molecule has 2 aromatic rings. The van der Waals surface area contributed by atoms with Crippen LogP contribution in [-0.4, -0.2) is 35.7 Å². The maximum absolute atomic E-state index is 12.7. The number of methoxy groups -OCH3 is 3. The number of hydrogen-bond acceptors (Lipinski definition) is 6. The zero-order valence-corrected chi connectivity index (χ0v) is 16.0. The summed E-state index contributed by atoms with van der Waals surface area (Å²) < 4.78 is 42.9. The SMILES string of the molecule is COC(=O)c1ccc(Cl)c(S(=O)(=O)NCc2c(OC)cccc2OC)c1. The van der Waals surface area contributed by atoms with Crippen LogP contribution in [-0.2, 0) is 21.3 Å². The van der Waals surface area contributed by atoms with Gasteiger partial charge in [0.2, 0.25) is 10.0 Å². The maximum Gasteiger partial charge on any atom is 0.337 e. The summed E-state index contributed by atoms with van der Waals surface area (Å²) in [6, 6.07) is 8.98. The molecule has 26 heavy (non-hydrogen) atoms. The highest BCUT2D eigenvalue weighted by Crippen LogP contribution is 2.29. The van der Waals surface area contributed by atoms with Crippen molar-refractivity contribution in [2.45, 2.75) is 11.4 Å². The van der Waals surface area contributed by atoms with Gasteiger partial charge in [0, 0.05) is 6.54 Å². The molecule has 0 heterocycles. The van der Waals surface area contributed by atoms with Crippen molar-refractivity contribution in [2.75, 3.05) is 21.3 Å². The normalized spacial score (nSPS) is 11.1. The fraction of sp³-hybridized carbons (Fsp3) is 0.235. The number of carbonyl (C=O) groups is 1. The maximum atomic E-state index is 12.7. The van der Waals surface area contributed by atoms with E-state index in [0.717, 1.165) is 6.07 Å². The van der Waals surface area contributed by atoms with E-state index in [1.807, 2.05) is 0 Å². The molecule has 140 valence electrons. The summed E-state index contributed by atoms with van der Waals surface area (Å²) in [7, 11) is 0.153. The second-order valence-electron chi connectivity index (χ2n) is 5.10. The lowest BCUT2D eigenvalue weighted by Crippen LogP contribution is -2.24. The molecule has 0 saturated carbocycles. The molecule has 0 bridgehead atoms. The molecule has 1 N–H and O–H groups in total. The van der Waals surface area contributed by atoms with Gasteiger partial charge in [-0.05, 0) is 30.3 Å². The Labute approximate surface area is 156 Å². The van der Waals surface area contributed by atoms with Crippen LogP contribution in [0.15, 0.2) is 41.3 Å². The summed E-state index contributed by atoms with van der Waals surface area (Å²) in [5, 5.41) is -0.0165. The Morgan fingerprint density at radius 2 is 1.69 bits per heavy atom. The number of sulfonamides is 1. The van der Waals surface area contributed by atoms with Gasteiger partial charge in [-0.25, -0.2) is 17.9 Å². The Morgan fingerprint density at radius 3 is 2.23 bits per heavy atom. The van der Waals surface area contributed by atoms with Gasteiger partial charge in [-0.2, -0.15) is 0 Å². The highest BCUT2D eigenvalue weighted by molar-refractivity contribution is 7.89. The number of hydrogen-bond donors (Lipinski definition) is 1. The largest absolute Gasteiger partial charge is 0.496 e. The van der Waals surface area contributed by atoms with E-state index in [-0.39, 0.29) is 22.0 Å². The first kappa shape index (κ1) is 20.0. The molecule has 0 spiro atoms. The Bertz CT molecular complexity index is 891. The quantitative estimate of drug-likeness (QED) is 0.720. The van der Waals surface area contributed by atoms with E-state index < -0.39 is 16.0 Å². The Morgan fingerprint density at radius 1 is 1.08 bits per heavy atom. The van der Waals surface area contributed by atoms with Crippen molar-refractivity contribution >= 4 is 27.6 Å². The minimum Gasteiger partial charge on any atom is -0.496 e. The third kappa shape index (κ3) is 4.27. The summed E-state index contributed by atoms with van der Waals surface area (Å²) >= 11 is 6.01. The average Bonchev–Trinajstić information content (AvgIpc) is 2.65. The predicted octanol–water partition coefficient (Wildman–Crippen LogP) is 2.62. The number of ether oxygens (including phenoxy) is 3. The first-order valence-corrected chi connectivity index (χ1v) is 9.27. The van der Waals surface area contributed by atoms with E-state index in [0.29, 0.717) is 17.1 Å². The molecule has 0 radical (unpaired) electrons. The highest BCUT2D eigenvalue weighted by atomic mass is 35.5. The molecule has 0 amide bonds. The van der Waals surface area contributed by atoms with Crippen LogP contribution in [0, 0.1) is 0 Å². The molecule has 0 aliphatic heterocycles. The van der Waals surface area contributed by atoms with E-state index in [2.05, 4.69) is 9.46 Å². The standard InChI is InChI=1S/C17H18ClNO6S/c1-23-14-5-4-6-15(24-2)12(14)10-19-26(21,22)16-9-11(17(20)25-3)7-8-13(16)18/h4-9,19H,10H2,1-3H3. The van der Waals surface area contributed by atoms with Crippen molar-refractivity contribution in [3.63, 3.8) is 0 Å². The van der Waals surface area contributed by atoms with Gasteiger partial charge < -0.3 is 14.2 Å². The van der Waals surface area contributed by atoms with Gasteiger partial charge in [-0.3, -0.25) is 0 Å². The molecule has 0 aliphatic rings. The van der Waals surface area contributed by atoms with Crippen LogP contribution in [0.1, 0.15) is 15.9 Å². The van der Waals surface area contributed by atoms with Crippen LogP contribution >= 0.6 is 11.6 Å². The van der Waals surface area contributed by atoms with Gasteiger partial charge in [0.25, 0.3) is 0 Å². The third-order valence-corrected chi connectivity index (χ3v) is 5.49. The Hall–Kier alpha value is -2.29. The predicted molar refractivity (Wildman–Crippen MR) is 96.4 cm³/mol. The second kappa shape index (κ2) is 8.39. The molecule has 2 aromatic carbocycles. The molecule has 0 aromatic heterocycles. The van der Waals surface area contributed by atoms with E-state index in [1.54, 1.807) is 18.2 Å². The number of nitrogens with one attached hydrogen (secondary N) is 1. The summed E-state index contributed by atoms with van der Waals surface area (Å²) in [4.78, 5) is 11.4. The van der Waals surface area contributed by atoms with E-state index in [9.17, 15) is 13.2 Å². The number of carbonyl (C=O) groups excluding carboxylic acids is 1. The summed E-state index contributed by atoms with van der Waals surface area (Å²) in [5.41, 5.74) is 0.605. The molecule has 7 nitrogen and oxygen atoms in total. The number of rotatable bonds is 7. The van der Waals surface area contributed by atoms with Crippen LogP contribution in [0.3, 0.4) is 0 Å². The van der Waals surface area contributed by atoms with Crippen molar-refractivity contribution in [1.82, 2.24) is 4.72 Å². The molecule has 0 atom stereocenters. The monoisotopic (exact) mass is 399 g/mol. The molecule has 0 unspecified atom stereocenters. The smallest absolute Gasteiger partial charge is 0.337 e. The number of halogens is 1. The molecule has 2 rings (SSSR count). The van der Waals surface area contributed by atoms with Gasteiger partial charge in [-0.1, -0.05) is 17.7 Å². The molecular weight excluding hydrogens is 382 g/mol. The minimum absolute atomic E-state index is 0.0165. The Kier molecular flexibility index (Phi) is 6.47. The fourth-order valence-corrected chi connectivity index (χ4v) is 3.82. The van der Waals surface area contributed by atoms with Crippen molar-refractivity contribution in [2.24, 2.45) is 0 Å². The lowest BCUT2D eigenvalue weighted by atomic mass is 10.2.